The first kappa shape index (κ1) is 25.5. The molecule has 3 aromatic rings. The van der Waals surface area contributed by atoms with Crippen LogP contribution in [0.5, 0.6) is 11.5 Å². The third-order valence-electron chi connectivity index (χ3n) is 6.56. The molecule has 0 fully saturated rings. The smallest absolute Gasteiger partial charge is 0.259 e. The Balaban J connectivity index is 1.74. The Morgan fingerprint density at radius 2 is 1.86 bits per heavy atom. The molecule has 0 aliphatic heterocycles. The molecule has 2 aromatic carbocycles. The standard InChI is InChI=1S/C28H31BrN2O3S/c1-28(2,3)18-11-12-20-24(14-18)35-27(25(20)26(32)31-19-9-7-6-8-10-19)30-16-17-13-21(29)23(34-5)15-22(17)33-4/h6-10,13,15-16,18H,11-12,14H2,1-5H3,(H,31,32)/t18-/m1/s1. The largest absolute Gasteiger partial charge is 0.496 e. The van der Waals surface area contributed by atoms with Crippen molar-refractivity contribution < 1.29 is 14.3 Å². The van der Waals surface area contributed by atoms with Crippen molar-refractivity contribution in [2.24, 2.45) is 16.3 Å². The van der Waals surface area contributed by atoms with Crippen LogP contribution in [0.15, 0.2) is 51.9 Å². The number of carbonyl (C=O) groups is 1. The van der Waals surface area contributed by atoms with Crippen molar-refractivity contribution in [3.8, 4) is 11.5 Å². The molecular weight excluding hydrogens is 524 g/mol. The molecule has 1 atom stereocenters. The zero-order valence-corrected chi connectivity index (χ0v) is 23.2. The summed E-state index contributed by atoms with van der Waals surface area (Å²) in [6.45, 7) is 6.89. The molecule has 1 aliphatic rings. The van der Waals surface area contributed by atoms with E-state index >= 15 is 0 Å². The van der Waals surface area contributed by atoms with E-state index in [-0.39, 0.29) is 11.3 Å². The second-order valence-corrected chi connectivity index (χ2v) is 11.7. The maximum absolute atomic E-state index is 13.5. The number of aliphatic imine (C=N–C) groups is 1. The van der Waals surface area contributed by atoms with Crippen molar-refractivity contribution in [3.63, 3.8) is 0 Å². The Kier molecular flexibility index (Phi) is 7.67. The molecule has 0 bridgehead atoms. The molecule has 1 aliphatic carbocycles. The molecule has 35 heavy (non-hydrogen) atoms. The molecule has 0 unspecified atom stereocenters. The molecule has 0 saturated heterocycles. The van der Waals surface area contributed by atoms with E-state index in [0.717, 1.165) is 45.6 Å². The molecular formula is C28H31BrN2O3S. The van der Waals surface area contributed by atoms with Gasteiger partial charge in [-0.25, -0.2) is 4.99 Å². The van der Waals surface area contributed by atoms with Gasteiger partial charge in [-0.05, 0) is 70.3 Å². The van der Waals surface area contributed by atoms with Gasteiger partial charge in [-0.3, -0.25) is 4.79 Å². The fourth-order valence-corrected chi connectivity index (χ4v) is 6.25. The van der Waals surface area contributed by atoms with E-state index in [0.29, 0.717) is 23.0 Å². The van der Waals surface area contributed by atoms with Gasteiger partial charge in [0.15, 0.2) is 0 Å². The highest BCUT2D eigenvalue weighted by Crippen LogP contribution is 2.45. The fraction of sp³-hybridized carbons (Fsp3) is 0.357. The van der Waals surface area contributed by atoms with E-state index in [4.69, 9.17) is 14.5 Å². The lowest BCUT2D eigenvalue weighted by Gasteiger charge is -2.33. The topological polar surface area (TPSA) is 59.9 Å². The maximum atomic E-state index is 13.5. The zero-order chi connectivity index (χ0) is 25.2. The maximum Gasteiger partial charge on any atom is 0.259 e. The summed E-state index contributed by atoms with van der Waals surface area (Å²) >= 11 is 5.17. The molecule has 1 amide bonds. The van der Waals surface area contributed by atoms with Gasteiger partial charge in [-0.15, -0.1) is 11.3 Å². The van der Waals surface area contributed by atoms with Gasteiger partial charge in [0.1, 0.15) is 16.5 Å². The second-order valence-electron chi connectivity index (χ2n) is 9.80. The normalized spacial score (nSPS) is 15.7. The molecule has 1 N–H and O–H groups in total. The highest BCUT2D eigenvalue weighted by atomic mass is 79.9. The summed E-state index contributed by atoms with van der Waals surface area (Å²) in [5.41, 5.74) is 3.62. The van der Waals surface area contributed by atoms with E-state index in [2.05, 4.69) is 42.0 Å². The second kappa shape index (κ2) is 10.5. The lowest BCUT2D eigenvalue weighted by Crippen LogP contribution is -2.27. The van der Waals surface area contributed by atoms with Crippen LogP contribution < -0.4 is 14.8 Å². The van der Waals surface area contributed by atoms with Crippen LogP contribution in [-0.4, -0.2) is 26.3 Å². The van der Waals surface area contributed by atoms with Crippen LogP contribution in [0.2, 0.25) is 0 Å². The van der Waals surface area contributed by atoms with Crippen molar-refractivity contribution in [1.29, 1.82) is 0 Å². The predicted molar refractivity (Wildman–Crippen MR) is 148 cm³/mol. The van der Waals surface area contributed by atoms with Gasteiger partial charge in [0.05, 0.1) is 24.3 Å². The summed E-state index contributed by atoms with van der Waals surface area (Å²) in [4.78, 5) is 19.6. The third-order valence-corrected chi connectivity index (χ3v) is 8.34. The Labute approximate surface area is 219 Å². The first-order valence-corrected chi connectivity index (χ1v) is 13.3. The van der Waals surface area contributed by atoms with E-state index < -0.39 is 0 Å². The quantitative estimate of drug-likeness (QED) is 0.318. The number of hydrogen-bond donors (Lipinski definition) is 1. The number of para-hydroxylation sites is 1. The lowest BCUT2D eigenvalue weighted by molar-refractivity contribution is 0.102. The highest BCUT2D eigenvalue weighted by Gasteiger charge is 2.33. The minimum atomic E-state index is -0.113. The fourth-order valence-electron chi connectivity index (χ4n) is 4.46. The van der Waals surface area contributed by atoms with E-state index in [1.54, 1.807) is 31.8 Å². The number of amides is 1. The van der Waals surface area contributed by atoms with Crippen molar-refractivity contribution >= 4 is 50.1 Å². The average molecular weight is 556 g/mol. The lowest BCUT2D eigenvalue weighted by atomic mass is 9.72. The Hall–Kier alpha value is -2.64. The molecule has 1 heterocycles. The Morgan fingerprint density at radius 3 is 2.51 bits per heavy atom. The number of anilines is 1. The van der Waals surface area contributed by atoms with Crippen LogP contribution in [0.3, 0.4) is 0 Å². The van der Waals surface area contributed by atoms with Crippen LogP contribution in [-0.2, 0) is 12.8 Å². The molecule has 0 radical (unpaired) electrons. The molecule has 1 aromatic heterocycles. The minimum Gasteiger partial charge on any atom is -0.496 e. The Morgan fingerprint density at radius 1 is 1.14 bits per heavy atom. The molecule has 0 spiro atoms. The number of methoxy groups -OCH3 is 2. The summed E-state index contributed by atoms with van der Waals surface area (Å²) in [6.07, 6.45) is 4.70. The van der Waals surface area contributed by atoms with Gasteiger partial charge < -0.3 is 14.8 Å². The summed E-state index contributed by atoms with van der Waals surface area (Å²) < 4.78 is 11.7. The van der Waals surface area contributed by atoms with Gasteiger partial charge in [0.25, 0.3) is 5.91 Å². The SMILES string of the molecule is COc1cc(OC)c(C=Nc2sc3c(c2C(=O)Nc2ccccc2)CC[C@@H](C(C)(C)C)C3)cc1Br. The van der Waals surface area contributed by atoms with Crippen LogP contribution in [0.25, 0.3) is 0 Å². The number of ether oxygens (including phenoxy) is 2. The number of nitrogens with zero attached hydrogens (tertiary/aromatic N) is 1. The zero-order valence-electron chi connectivity index (χ0n) is 20.8. The van der Waals surface area contributed by atoms with Crippen molar-refractivity contribution in [1.82, 2.24) is 0 Å². The number of rotatable bonds is 6. The van der Waals surface area contributed by atoms with Gasteiger partial charge in [-0.1, -0.05) is 39.0 Å². The number of thiophene rings is 1. The highest BCUT2D eigenvalue weighted by molar-refractivity contribution is 9.10. The van der Waals surface area contributed by atoms with Crippen molar-refractivity contribution in [2.75, 3.05) is 19.5 Å². The summed E-state index contributed by atoms with van der Waals surface area (Å²) in [5, 5.41) is 3.80. The van der Waals surface area contributed by atoms with Gasteiger partial charge in [-0.2, -0.15) is 0 Å². The summed E-state index contributed by atoms with van der Waals surface area (Å²) in [5.74, 6) is 1.80. The number of benzene rings is 2. The molecule has 0 saturated carbocycles. The predicted octanol–water partition coefficient (Wildman–Crippen LogP) is 7.68. The van der Waals surface area contributed by atoms with E-state index in [1.807, 2.05) is 42.5 Å². The average Bonchev–Trinajstić information content (AvgIpc) is 3.20. The summed E-state index contributed by atoms with van der Waals surface area (Å²) in [7, 11) is 3.24. The molecule has 7 heteroatoms. The van der Waals surface area contributed by atoms with Crippen LogP contribution in [0, 0.1) is 11.3 Å². The number of hydrogen-bond acceptors (Lipinski definition) is 5. The third kappa shape index (κ3) is 5.62. The van der Waals surface area contributed by atoms with E-state index in [9.17, 15) is 4.79 Å². The van der Waals surface area contributed by atoms with Gasteiger partial charge >= 0.3 is 0 Å². The molecule has 184 valence electrons. The van der Waals surface area contributed by atoms with Crippen molar-refractivity contribution in [2.45, 2.75) is 40.0 Å². The van der Waals surface area contributed by atoms with Crippen LogP contribution >= 0.6 is 27.3 Å². The van der Waals surface area contributed by atoms with Gasteiger partial charge in [0, 0.05) is 28.4 Å². The minimum absolute atomic E-state index is 0.113. The Bertz CT molecular complexity index is 1250. The summed E-state index contributed by atoms with van der Waals surface area (Å²) in [6, 6.07) is 13.3. The number of halogens is 1. The molecule has 4 rings (SSSR count). The van der Waals surface area contributed by atoms with Gasteiger partial charge in [0.2, 0.25) is 0 Å². The molecule has 5 nitrogen and oxygen atoms in total. The number of nitrogens with one attached hydrogen (secondary N) is 1. The first-order chi connectivity index (χ1) is 16.7. The first-order valence-electron chi connectivity index (χ1n) is 11.7. The number of fused-ring (bicyclic) bond motifs is 1. The van der Waals surface area contributed by atoms with Crippen LogP contribution in [0.4, 0.5) is 10.7 Å². The van der Waals surface area contributed by atoms with Crippen LogP contribution in [0.1, 0.15) is 53.6 Å². The monoisotopic (exact) mass is 554 g/mol. The van der Waals surface area contributed by atoms with E-state index in [1.165, 1.54) is 4.88 Å². The van der Waals surface area contributed by atoms with Crippen molar-refractivity contribution in [3.05, 3.63) is 68.5 Å². The number of carbonyl (C=O) groups excluding carboxylic acids is 1.